The Morgan fingerprint density at radius 1 is 0.969 bits per heavy atom. The summed E-state index contributed by atoms with van der Waals surface area (Å²) in [5.74, 6) is -1.88. The molecule has 1 atom stereocenters. The summed E-state index contributed by atoms with van der Waals surface area (Å²) in [6, 6.07) is 21.0. The van der Waals surface area contributed by atoms with Crippen LogP contribution >= 0.6 is 0 Å². The topological polar surface area (TPSA) is 117 Å². The lowest BCUT2D eigenvalue weighted by molar-refractivity contribution is -0.137. The van der Waals surface area contributed by atoms with Gasteiger partial charge in [-0.1, -0.05) is 54.6 Å². The maximum Gasteiger partial charge on any atom is 0.305 e. The molecule has 2 aromatic heterocycles. The minimum atomic E-state index is -1.05. The number of nitrogens with zero attached hydrogens (tertiary/aromatic N) is 3. The fraction of sp³-hybridized carbons (Fsp3) is 0.0833. The predicted octanol–water partition coefficient (Wildman–Crippen LogP) is 3.59. The summed E-state index contributed by atoms with van der Waals surface area (Å²) >= 11 is 0. The highest BCUT2D eigenvalue weighted by molar-refractivity contribution is 5.93. The van der Waals surface area contributed by atoms with E-state index in [9.17, 15) is 19.8 Å². The number of carbonyl (C=O) groups is 2. The number of hydrogen-bond donors (Lipinski definition) is 3. The number of nitrogens with one attached hydrogen (secondary N) is 1. The Morgan fingerprint density at radius 3 is 2.34 bits per heavy atom. The zero-order chi connectivity index (χ0) is 22.5. The first-order valence-corrected chi connectivity index (χ1v) is 9.89. The molecule has 1 unspecified atom stereocenters. The van der Waals surface area contributed by atoms with Crippen molar-refractivity contribution in [1.29, 1.82) is 0 Å². The molecule has 0 bridgehead atoms. The second kappa shape index (κ2) is 9.13. The fourth-order valence-electron chi connectivity index (χ4n) is 3.35. The van der Waals surface area contributed by atoms with E-state index in [2.05, 4.69) is 15.4 Å². The Labute approximate surface area is 183 Å². The molecule has 0 radical (unpaired) electrons. The number of aromatic nitrogens is 3. The van der Waals surface area contributed by atoms with Crippen LogP contribution in [0.2, 0.25) is 0 Å². The molecule has 0 saturated carbocycles. The highest BCUT2D eigenvalue weighted by Gasteiger charge is 2.22. The van der Waals surface area contributed by atoms with Gasteiger partial charge < -0.3 is 15.5 Å². The number of aliphatic carboxylic acids is 1. The van der Waals surface area contributed by atoms with Crippen LogP contribution < -0.4 is 5.32 Å². The zero-order valence-electron chi connectivity index (χ0n) is 16.9. The summed E-state index contributed by atoms with van der Waals surface area (Å²) < 4.78 is 1.18. The molecule has 0 fully saturated rings. The summed E-state index contributed by atoms with van der Waals surface area (Å²) in [5, 5.41) is 26.3. The zero-order valence-corrected chi connectivity index (χ0v) is 16.9. The maximum atomic E-state index is 12.8. The number of hydrogen-bond acceptors (Lipinski definition) is 5. The van der Waals surface area contributed by atoms with Crippen LogP contribution in [0.15, 0.2) is 85.2 Å². The number of amides is 1. The Morgan fingerprint density at radius 2 is 1.69 bits per heavy atom. The summed E-state index contributed by atoms with van der Waals surface area (Å²) in [4.78, 5) is 28.2. The lowest BCUT2D eigenvalue weighted by atomic mass is 9.99. The third kappa shape index (κ3) is 4.65. The van der Waals surface area contributed by atoms with Crippen molar-refractivity contribution in [2.45, 2.75) is 12.5 Å². The average molecular weight is 428 g/mol. The van der Waals surface area contributed by atoms with Crippen molar-refractivity contribution < 1.29 is 19.8 Å². The normalized spacial score (nSPS) is 11.6. The molecule has 0 aliphatic heterocycles. The van der Waals surface area contributed by atoms with E-state index >= 15 is 0 Å². The molecule has 8 nitrogen and oxygen atoms in total. The number of benzene rings is 2. The van der Waals surface area contributed by atoms with Crippen molar-refractivity contribution in [2.75, 3.05) is 0 Å². The summed E-state index contributed by atoms with van der Waals surface area (Å²) in [6.07, 6.45) is 2.78. The van der Waals surface area contributed by atoms with Gasteiger partial charge in [0.25, 0.3) is 5.91 Å². The van der Waals surface area contributed by atoms with E-state index in [1.807, 2.05) is 42.5 Å². The third-order valence-electron chi connectivity index (χ3n) is 4.92. The number of pyridine rings is 1. The van der Waals surface area contributed by atoms with Gasteiger partial charge in [-0.25, -0.2) is 0 Å². The van der Waals surface area contributed by atoms with Gasteiger partial charge in [0.2, 0.25) is 5.88 Å². The molecule has 2 heterocycles. The fourth-order valence-corrected chi connectivity index (χ4v) is 3.35. The first kappa shape index (κ1) is 20.8. The molecule has 1 amide bonds. The molecular formula is C24H20N4O4. The van der Waals surface area contributed by atoms with Gasteiger partial charge in [-0.3, -0.25) is 14.6 Å². The van der Waals surface area contributed by atoms with Crippen molar-refractivity contribution in [3.63, 3.8) is 0 Å². The molecule has 32 heavy (non-hydrogen) atoms. The van der Waals surface area contributed by atoms with E-state index in [1.165, 1.54) is 16.9 Å². The minimum absolute atomic E-state index is 0.0392. The maximum absolute atomic E-state index is 12.8. The lowest BCUT2D eigenvalue weighted by Crippen LogP contribution is -2.30. The van der Waals surface area contributed by atoms with Crippen molar-refractivity contribution in [2.24, 2.45) is 0 Å². The van der Waals surface area contributed by atoms with E-state index in [0.717, 1.165) is 11.1 Å². The molecule has 4 aromatic rings. The van der Waals surface area contributed by atoms with Crippen LogP contribution in [0.1, 0.15) is 28.5 Å². The Bertz CT molecular complexity index is 1220. The van der Waals surface area contributed by atoms with Gasteiger partial charge in [-0.2, -0.15) is 9.78 Å². The van der Waals surface area contributed by atoms with Gasteiger partial charge in [-0.15, -0.1) is 0 Å². The standard InChI is InChI=1S/C24H20N4O4/c29-22-13-21(27-28(22)19-7-4-12-25-15-19)24(32)26-20(14-23(30)31)18-10-8-17(9-11-18)16-5-2-1-3-6-16/h1-13,15,20,29H,14H2,(H,26,32)(H,30,31). The Hall–Kier alpha value is -4.46. The van der Waals surface area contributed by atoms with Crippen LogP contribution in [0.3, 0.4) is 0 Å². The molecular weight excluding hydrogens is 408 g/mol. The second-order valence-electron chi connectivity index (χ2n) is 7.12. The Kier molecular flexibility index (Phi) is 5.94. The molecule has 0 aliphatic rings. The number of carboxylic acids is 1. The SMILES string of the molecule is O=C(O)CC(NC(=O)c1cc(O)n(-c2cccnc2)n1)c1ccc(-c2ccccc2)cc1. The minimum Gasteiger partial charge on any atom is -0.493 e. The first-order valence-electron chi connectivity index (χ1n) is 9.89. The van der Waals surface area contributed by atoms with E-state index in [0.29, 0.717) is 11.3 Å². The number of rotatable bonds is 7. The van der Waals surface area contributed by atoms with E-state index in [4.69, 9.17) is 0 Å². The van der Waals surface area contributed by atoms with Crippen molar-refractivity contribution in [1.82, 2.24) is 20.1 Å². The van der Waals surface area contributed by atoms with Gasteiger partial charge >= 0.3 is 5.97 Å². The van der Waals surface area contributed by atoms with Crippen molar-refractivity contribution in [3.05, 3.63) is 96.4 Å². The second-order valence-corrected chi connectivity index (χ2v) is 7.12. The summed E-state index contributed by atoms with van der Waals surface area (Å²) in [7, 11) is 0. The van der Waals surface area contributed by atoms with Crippen LogP contribution in [0.4, 0.5) is 0 Å². The van der Waals surface area contributed by atoms with E-state index in [-0.39, 0.29) is 18.0 Å². The van der Waals surface area contributed by atoms with E-state index < -0.39 is 17.9 Å². The van der Waals surface area contributed by atoms with Crippen LogP contribution in [0, 0.1) is 0 Å². The van der Waals surface area contributed by atoms with Gasteiger partial charge in [0.15, 0.2) is 5.69 Å². The van der Waals surface area contributed by atoms with Crippen LogP contribution in [0.5, 0.6) is 5.88 Å². The van der Waals surface area contributed by atoms with Gasteiger partial charge in [0, 0.05) is 12.3 Å². The van der Waals surface area contributed by atoms with Crippen molar-refractivity contribution >= 4 is 11.9 Å². The molecule has 0 saturated heterocycles. The summed E-state index contributed by atoms with van der Waals surface area (Å²) in [6.45, 7) is 0. The van der Waals surface area contributed by atoms with Crippen LogP contribution in [0.25, 0.3) is 16.8 Å². The number of aromatic hydroxyl groups is 1. The van der Waals surface area contributed by atoms with E-state index in [1.54, 1.807) is 30.5 Å². The average Bonchev–Trinajstić information content (AvgIpc) is 3.21. The lowest BCUT2D eigenvalue weighted by Gasteiger charge is -2.17. The third-order valence-corrected chi connectivity index (χ3v) is 4.92. The molecule has 160 valence electrons. The van der Waals surface area contributed by atoms with Crippen LogP contribution in [-0.2, 0) is 4.79 Å². The molecule has 0 aliphatic carbocycles. The number of carbonyl (C=O) groups excluding carboxylic acids is 1. The molecule has 3 N–H and O–H groups in total. The first-order chi connectivity index (χ1) is 15.5. The predicted molar refractivity (Wildman–Crippen MR) is 117 cm³/mol. The van der Waals surface area contributed by atoms with Gasteiger partial charge in [0.1, 0.15) is 0 Å². The Balaban J connectivity index is 1.56. The van der Waals surface area contributed by atoms with Gasteiger partial charge in [0.05, 0.1) is 24.3 Å². The molecule has 2 aromatic carbocycles. The molecule has 8 heteroatoms. The molecule has 4 rings (SSSR count). The monoisotopic (exact) mass is 428 g/mol. The van der Waals surface area contributed by atoms with Crippen LogP contribution in [-0.4, -0.2) is 36.9 Å². The smallest absolute Gasteiger partial charge is 0.305 e. The van der Waals surface area contributed by atoms with Crippen molar-refractivity contribution in [3.8, 4) is 22.7 Å². The quantitative estimate of drug-likeness (QED) is 0.414. The summed E-state index contributed by atoms with van der Waals surface area (Å²) in [5.41, 5.74) is 3.12. The van der Waals surface area contributed by atoms with Gasteiger partial charge in [-0.05, 0) is 28.8 Å². The largest absolute Gasteiger partial charge is 0.493 e. The highest BCUT2D eigenvalue weighted by Crippen LogP contribution is 2.24. The number of carboxylic acid groups (broad SMARTS) is 1. The molecule has 0 spiro atoms. The highest BCUT2D eigenvalue weighted by atomic mass is 16.4.